The van der Waals surface area contributed by atoms with Crippen LogP contribution in [0.2, 0.25) is 0 Å². The number of nitrogens with zero attached hydrogens (tertiary/aromatic N) is 1. The summed E-state index contributed by atoms with van der Waals surface area (Å²) in [5.74, 6) is 0.0869. The standard InChI is InChI=1S/C14H17BrINO2/c15-10-5-6-13(16)12(9-10)14(19)17(7-2-8-18)11-3-1-4-11/h5-6,9,11,18H,1-4,7-8H2. The number of amides is 1. The van der Waals surface area contributed by atoms with Gasteiger partial charge in [0.1, 0.15) is 0 Å². The first kappa shape index (κ1) is 15.3. The number of benzene rings is 1. The second kappa shape index (κ2) is 7.04. The van der Waals surface area contributed by atoms with Crippen LogP contribution in [0.5, 0.6) is 0 Å². The first-order valence-electron chi connectivity index (χ1n) is 6.50. The van der Waals surface area contributed by atoms with E-state index in [9.17, 15) is 4.79 Å². The second-order valence-electron chi connectivity index (χ2n) is 4.78. The third-order valence-corrected chi connectivity index (χ3v) is 4.93. The van der Waals surface area contributed by atoms with Gasteiger partial charge in [-0.05, 0) is 66.5 Å². The van der Waals surface area contributed by atoms with Crippen LogP contribution in [0, 0.1) is 3.57 Å². The highest BCUT2D eigenvalue weighted by atomic mass is 127. The number of carbonyl (C=O) groups is 1. The fourth-order valence-electron chi connectivity index (χ4n) is 2.21. The number of halogens is 2. The van der Waals surface area contributed by atoms with Gasteiger partial charge in [-0.15, -0.1) is 0 Å². The molecule has 1 N–H and O–H groups in total. The van der Waals surface area contributed by atoms with Crippen LogP contribution in [0.1, 0.15) is 36.0 Å². The van der Waals surface area contributed by atoms with Crippen LogP contribution in [0.4, 0.5) is 0 Å². The Bertz CT molecular complexity index is 463. The average molecular weight is 438 g/mol. The van der Waals surface area contributed by atoms with Crippen LogP contribution < -0.4 is 0 Å². The largest absolute Gasteiger partial charge is 0.396 e. The zero-order valence-corrected chi connectivity index (χ0v) is 14.4. The van der Waals surface area contributed by atoms with Crippen LogP contribution in [-0.4, -0.2) is 35.1 Å². The molecule has 2 rings (SSSR count). The molecule has 0 spiro atoms. The summed E-state index contributed by atoms with van der Waals surface area (Å²) in [5, 5.41) is 8.99. The topological polar surface area (TPSA) is 40.5 Å². The normalized spacial score (nSPS) is 15.1. The molecule has 19 heavy (non-hydrogen) atoms. The Labute approximate surface area is 135 Å². The van der Waals surface area contributed by atoms with E-state index in [-0.39, 0.29) is 12.5 Å². The molecule has 104 valence electrons. The fraction of sp³-hybridized carbons (Fsp3) is 0.500. The third-order valence-electron chi connectivity index (χ3n) is 3.49. The molecule has 3 nitrogen and oxygen atoms in total. The van der Waals surface area contributed by atoms with Crippen molar-refractivity contribution in [3.8, 4) is 0 Å². The molecule has 0 aliphatic heterocycles. The molecule has 5 heteroatoms. The van der Waals surface area contributed by atoms with E-state index in [4.69, 9.17) is 5.11 Å². The maximum Gasteiger partial charge on any atom is 0.255 e. The molecule has 1 amide bonds. The number of hydrogen-bond donors (Lipinski definition) is 1. The van der Waals surface area contributed by atoms with Crippen molar-refractivity contribution in [3.63, 3.8) is 0 Å². The number of carbonyl (C=O) groups excluding carboxylic acids is 1. The van der Waals surface area contributed by atoms with Crippen LogP contribution >= 0.6 is 38.5 Å². The summed E-state index contributed by atoms with van der Waals surface area (Å²) in [6.45, 7) is 0.772. The van der Waals surface area contributed by atoms with E-state index < -0.39 is 0 Å². The Morgan fingerprint density at radius 2 is 2.21 bits per heavy atom. The van der Waals surface area contributed by atoms with Crippen molar-refractivity contribution in [3.05, 3.63) is 31.8 Å². The zero-order valence-electron chi connectivity index (χ0n) is 10.6. The minimum Gasteiger partial charge on any atom is -0.396 e. The van der Waals surface area contributed by atoms with Crippen LogP contribution in [0.3, 0.4) is 0 Å². The van der Waals surface area contributed by atoms with E-state index in [2.05, 4.69) is 38.5 Å². The molecule has 1 aromatic rings. The minimum atomic E-state index is 0.0869. The minimum absolute atomic E-state index is 0.0869. The molecule has 0 saturated heterocycles. The summed E-state index contributed by atoms with van der Waals surface area (Å²) in [7, 11) is 0. The molecule has 1 saturated carbocycles. The summed E-state index contributed by atoms with van der Waals surface area (Å²) in [4.78, 5) is 14.6. The highest BCUT2D eigenvalue weighted by Gasteiger charge is 2.29. The van der Waals surface area contributed by atoms with Gasteiger partial charge >= 0.3 is 0 Å². The Kier molecular flexibility index (Phi) is 5.65. The van der Waals surface area contributed by atoms with Crippen LogP contribution in [0.15, 0.2) is 22.7 Å². The van der Waals surface area contributed by atoms with Gasteiger partial charge in [-0.1, -0.05) is 15.9 Å². The molecule has 1 fully saturated rings. The molecular formula is C14H17BrINO2. The van der Waals surface area contributed by atoms with E-state index in [1.165, 1.54) is 6.42 Å². The smallest absolute Gasteiger partial charge is 0.255 e. The highest BCUT2D eigenvalue weighted by molar-refractivity contribution is 14.1. The number of aliphatic hydroxyl groups excluding tert-OH is 1. The van der Waals surface area contributed by atoms with Crippen molar-refractivity contribution in [1.29, 1.82) is 0 Å². The first-order valence-corrected chi connectivity index (χ1v) is 8.37. The van der Waals surface area contributed by atoms with Gasteiger partial charge in [0.05, 0.1) is 5.56 Å². The average Bonchev–Trinajstić information content (AvgIpc) is 2.34. The molecule has 1 aliphatic rings. The van der Waals surface area contributed by atoms with Gasteiger partial charge in [-0.25, -0.2) is 0 Å². The fourth-order valence-corrected chi connectivity index (χ4v) is 3.13. The van der Waals surface area contributed by atoms with Gasteiger partial charge in [-0.3, -0.25) is 4.79 Å². The molecule has 0 bridgehead atoms. The SMILES string of the molecule is O=C(c1cc(Br)ccc1I)N(CCCO)C1CCC1. The van der Waals surface area contributed by atoms with Crippen molar-refractivity contribution >= 4 is 44.4 Å². The molecular weight excluding hydrogens is 421 g/mol. The maximum absolute atomic E-state index is 12.7. The molecule has 0 heterocycles. The highest BCUT2D eigenvalue weighted by Crippen LogP contribution is 2.28. The maximum atomic E-state index is 12.7. The Balaban J connectivity index is 2.19. The van der Waals surface area contributed by atoms with Gasteiger partial charge in [0, 0.05) is 27.2 Å². The lowest BCUT2D eigenvalue weighted by Gasteiger charge is -2.37. The molecule has 0 atom stereocenters. The lowest BCUT2D eigenvalue weighted by molar-refractivity contribution is 0.0561. The predicted molar refractivity (Wildman–Crippen MR) is 87.2 cm³/mol. The van der Waals surface area contributed by atoms with Crippen molar-refractivity contribution in [2.75, 3.05) is 13.2 Å². The molecule has 0 radical (unpaired) electrons. The van der Waals surface area contributed by atoms with E-state index in [1.807, 2.05) is 23.1 Å². The molecule has 0 unspecified atom stereocenters. The quantitative estimate of drug-likeness (QED) is 0.717. The lowest BCUT2D eigenvalue weighted by atomic mass is 9.91. The van der Waals surface area contributed by atoms with Gasteiger partial charge < -0.3 is 10.0 Å². The summed E-state index contributed by atoms with van der Waals surface area (Å²) < 4.78 is 1.89. The summed E-state index contributed by atoms with van der Waals surface area (Å²) >= 11 is 5.62. The van der Waals surface area contributed by atoms with E-state index in [1.54, 1.807) is 0 Å². The number of aliphatic hydroxyl groups is 1. The number of hydrogen-bond acceptors (Lipinski definition) is 2. The Morgan fingerprint density at radius 1 is 1.47 bits per heavy atom. The molecule has 1 aliphatic carbocycles. The molecule has 0 aromatic heterocycles. The number of rotatable bonds is 5. The van der Waals surface area contributed by atoms with Gasteiger partial charge in [0.2, 0.25) is 0 Å². The molecule has 1 aromatic carbocycles. The van der Waals surface area contributed by atoms with Gasteiger partial charge in [0.15, 0.2) is 0 Å². The van der Waals surface area contributed by atoms with Crippen molar-refractivity contribution in [2.45, 2.75) is 31.7 Å². The summed E-state index contributed by atoms with van der Waals surface area (Å²) in [6, 6.07) is 6.13. The summed E-state index contributed by atoms with van der Waals surface area (Å²) in [5.41, 5.74) is 0.750. The zero-order chi connectivity index (χ0) is 13.8. The van der Waals surface area contributed by atoms with E-state index >= 15 is 0 Å². The predicted octanol–water partition coefficient (Wildman–Crippen LogP) is 3.43. The monoisotopic (exact) mass is 437 g/mol. The lowest BCUT2D eigenvalue weighted by Crippen LogP contribution is -2.45. The van der Waals surface area contributed by atoms with Gasteiger partial charge in [-0.2, -0.15) is 0 Å². The van der Waals surface area contributed by atoms with Crippen LogP contribution in [-0.2, 0) is 0 Å². The first-order chi connectivity index (χ1) is 9.13. The summed E-state index contributed by atoms with van der Waals surface area (Å²) in [6.07, 6.45) is 4.01. The van der Waals surface area contributed by atoms with E-state index in [0.29, 0.717) is 19.0 Å². The van der Waals surface area contributed by atoms with Crippen molar-refractivity contribution < 1.29 is 9.90 Å². The second-order valence-corrected chi connectivity index (χ2v) is 6.86. The Morgan fingerprint density at radius 3 is 2.79 bits per heavy atom. The Hall–Kier alpha value is -0.140. The van der Waals surface area contributed by atoms with Crippen molar-refractivity contribution in [2.24, 2.45) is 0 Å². The van der Waals surface area contributed by atoms with Crippen LogP contribution in [0.25, 0.3) is 0 Å². The van der Waals surface area contributed by atoms with E-state index in [0.717, 1.165) is 26.4 Å². The van der Waals surface area contributed by atoms with Crippen molar-refractivity contribution in [1.82, 2.24) is 4.90 Å². The van der Waals surface area contributed by atoms with Gasteiger partial charge in [0.25, 0.3) is 5.91 Å². The third kappa shape index (κ3) is 3.70.